The average molecular weight is 324 g/mol. The first-order valence-corrected chi connectivity index (χ1v) is 8.20. The molecule has 0 fully saturated rings. The van der Waals surface area contributed by atoms with Gasteiger partial charge in [0.15, 0.2) is 11.5 Å². The number of benzene rings is 2. The lowest BCUT2D eigenvalue weighted by Gasteiger charge is -2.10. The highest BCUT2D eigenvalue weighted by atomic mass is 16.5. The molecule has 4 nitrogen and oxygen atoms in total. The summed E-state index contributed by atoms with van der Waals surface area (Å²) in [6.07, 6.45) is 3.12. The minimum atomic E-state index is 0.760. The largest absolute Gasteiger partial charge is 0.493 e. The predicted molar refractivity (Wildman–Crippen MR) is 98.0 cm³/mol. The Morgan fingerprint density at radius 2 is 1.88 bits per heavy atom. The molecule has 1 aromatic heterocycles. The second-order valence-corrected chi connectivity index (χ2v) is 5.93. The Morgan fingerprint density at radius 3 is 2.67 bits per heavy atom. The third kappa shape index (κ3) is 3.39. The maximum atomic E-state index is 5.34. The van der Waals surface area contributed by atoms with E-state index in [2.05, 4.69) is 47.7 Å². The molecule has 0 saturated carbocycles. The molecule has 0 aliphatic carbocycles. The van der Waals surface area contributed by atoms with E-state index in [-0.39, 0.29) is 0 Å². The van der Waals surface area contributed by atoms with Gasteiger partial charge in [-0.25, -0.2) is 0 Å². The zero-order valence-corrected chi connectivity index (χ0v) is 14.5. The van der Waals surface area contributed by atoms with Crippen molar-refractivity contribution in [1.82, 2.24) is 10.3 Å². The normalized spacial score (nSPS) is 11.0. The van der Waals surface area contributed by atoms with Gasteiger partial charge in [0.1, 0.15) is 0 Å². The number of aromatic nitrogens is 1. The molecule has 2 aromatic carbocycles. The summed E-state index contributed by atoms with van der Waals surface area (Å²) >= 11 is 0. The molecule has 0 aliphatic rings. The standard InChI is InChI=1S/C20H24N2O2/c1-14-5-4-6-17-16(13-22-20(14)17)9-10-21-12-15-7-8-18(23-2)19(11-15)24-3/h4-8,11,13,21-22H,9-10,12H2,1-3H3. The number of hydrogen-bond donors (Lipinski definition) is 2. The SMILES string of the molecule is COc1ccc(CNCCc2c[nH]c3c(C)cccc23)cc1OC. The summed E-state index contributed by atoms with van der Waals surface area (Å²) < 4.78 is 10.6. The van der Waals surface area contributed by atoms with E-state index < -0.39 is 0 Å². The van der Waals surface area contributed by atoms with Gasteiger partial charge in [0, 0.05) is 23.6 Å². The van der Waals surface area contributed by atoms with Crippen molar-refractivity contribution in [3.8, 4) is 11.5 Å². The van der Waals surface area contributed by atoms with Gasteiger partial charge in [0.25, 0.3) is 0 Å². The smallest absolute Gasteiger partial charge is 0.161 e. The Labute approximate surface area is 142 Å². The summed E-state index contributed by atoms with van der Waals surface area (Å²) in [5, 5.41) is 4.82. The van der Waals surface area contributed by atoms with E-state index in [9.17, 15) is 0 Å². The molecule has 0 unspecified atom stereocenters. The zero-order valence-electron chi connectivity index (χ0n) is 14.5. The number of nitrogens with one attached hydrogen (secondary N) is 2. The molecule has 0 saturated heterocycles. The van der Waals surface area contributed by atoms with Crippen molar-refractivity contribution in [3.63, 3.8) is 0 Å². The topological polar surface area (TPSA) is 46.3 Å². The number of aryl methyl sites for hydroxylation is 1. The number of H-pyrrole nitrogens is 1. The van der Waals surface area contributed by atoms with Gasteiger partial charge in [0.05, 0.1) is 14.2 Å². The summed E-state index contributed by atoms with van der Waals surface area (Å²) in [5.41, 5.74) is 5.07. The van der Waals surface area contributed by atoms with Crippen LogP contribution in [0.3, 0.4) is 0 Å². The van der Waals surface area contributed by atoms with Gasteiger partial charge in [0.2, 0.25) is 0 Å². The zero-order chi connectivity index (χ0) is 16.9. The van der Waals surface area contributed by atoms with Crippen LogP contribution in [-0.4, -0.2) is 25.7 Å². The molecule has 1 heterocycles. The quantitative estimate of drug-likeness (QED) is 0.649. The summed E-state index contributed by atoms with van der Waals surface area (Å²) in [4.78, 5) is 3.38. The van der Waals surface area contributed by atoms with Gasteiger partial charge in [-0.1, -0.05) is 24.3 Å². The first-order chi connectivity index (χ1) is 11.7. The fourth-order valence-electron chi connectivity index (χ4n) is 3.02. The molecular weight excluding hydrogens is 300 g/mol. The Morgan fingerprint density at radius 1 is 1.04 bits per heavy atom. The molecule has 126 valence electrons. The maximum absolute atomic E-state index is 5.34. The van der Waals surface area contributed by atoms with Crippen molar-refractivity contribution in [1.29, 1.82) is 0 Å². The lowest BCUT2D eigenvalue weighted by Crippen LogP contribution is -2.16. The number of aromatic amines is 1. The maximum Gasteiger partial charge on any atom is 0.161 e. The molecular formula is C20H24N2O2. The number of hydrogen-bond acceptors (Lipinski definition) is 3. The van der Waals surface area contributed by atoms with Crippen LogP contribution in [0, 0.1) is 6.92 Å². The van der Waals surface area contributed by atoms with Crippen LogP contribution >= 0.6 is 0 Å². The average Bonchev–Trinajstić information content (AvgIpc) is 3.03. The van der Waals surface area contributed by atoms with Crippen LogP contribution in [0.4, 0.5) is 0 Å². The van der Waals surface area contributed by atoms with Crippen LogP contribution in [0.25, 0.3) is 10.9 Å². The van der Waals surface area contributed by atoms with Crippen LogP contribution in [0.1, 0.15) is 16.7 Å². The van der Waals surface area contributed by atoms with Gasteiger partial charge < -0.3 is 19.8 Å². The second kappa shape index (κ2) is 7.41. The molecule has 4 heteroatoms. The predicted octanol–water partition coefficient (Wildman–Crippen LogP) is 3.83. The Bertz CT molecular complexity index is 824. The van der Waals surface area contributed by atoms with Gasteiger partial charge in [-0.15, -0.1) is 0 Å². The molecule has 3 aromatic rings. The first-order valence-electron chi connectivity index (χ1n) is 8.20. The molecule has 3 rings (SSSR count). The molecule has 0 amide bonds. The van der Waals surface area contributed by atoms with Gasteiger partial charge in [-0.3, -0.25) is 0 Å². The van der Waals surface area contributed by atoms with Crippen LogP contribution in [-0.2, 0) is 13.0 Å². The minimum absolute atomic E-state index is 0.760. The molecule has 0 bridgehead atoms. The fourth-order valence-corrected chi connectivity index (χ4v) is 3.02. The van der Waals surface area contributed by atoms with Crippen molar-refractivity contribution in [2.75, 3.05) is 20.8 Å². The minimum Gasteiger partial charge on any atom is -0.493 e. The number of methoxy groups -OCH3 is 2. The summed E-state index contributed by atoms with van der Waals surface area (Å²) in [6.45, 7) is 3.87. The van der Waals surface area contributed by atoms with Crippen molar-refractivity contribution in [3.05, 3.63) is 59.3 Å². The highest BCUT2D eigenvalue weighted by Crippen LogP contribution is 2.27. The Kier molecular flexibility index (Phi) is 5.06. The highest BCUT2D eigenvalue weighted by Gasteiger charge is 2.06. The number of fused-ring (bicyclic) bond motifs is 1. The van der Waals surface area contributed by atoms with Crippen molar-refractivity contribution in [2.45, 2.75) is 19.9 Å². The van der Waals surface area contributed by atoms with Crippen molar-refractivity contribution >= 4 is 10.9 Å². The Hall–Kier alpha value is -2.46. The van der Waals surface area contributed by atoms with Crippen LogP contribution < -0.4 is 14.8 Å². The van der Waals surface area contributed by atoms with E-state index in [1.54, 1.807) is 14.2 Å². The van der Waals surface area contributed by atoms with Crippen LogP contribution in [0.2, 0.25) is 0 Å². The molecule has 0 aliphatic heterocycles. The van der Waals surface area contributed by atoms with Gasteiger partial charge in [-0.2, -0.15) is 0 Å². The molecule has 0 spiro atoms. The molecule has 0 atom stereocenters. The summed E-state index contributed by atoms with van der Waals surface area (Å²) in [7, 11) is 3.31. The fraction of sp³-hybridized carbons (Fsp3) is 0.300. The monoisotopic (exact) mass is 324 g/mol. The number of ether oxygens (including phenoxy) is 2. The second-order valence-electron chi connectivity index (χ2n) is 5.93. The van der Waals surface area contributed by atoms with Crippen molar-refractivity contribution in [2.24, 2.45) is 0 Å². The molecule has 0 radical (unpaired) electrons. The van der Waals surface area contributed by atoms with Crippen LogP contribution in [0.15, 0.2) is 42.6 Å². The van der Waals surface area contributed by atoms with E-state index >= 15 is 0 Å². The van der Waals surface area contributed by atoms with Gasteiger partial charge in [-0.05, 0) is 48.7 Å². The highest BCUT2D eigenvalue weighted by molar-refractivity contribution is 5.85. The van der Waals surface area contributed by atoms with Gasteiger partial charge >= 0.3 is 0 Å². The van der Waals surface area contributed by atoms with Crippen LogP contribution in [0.5, 0.6) is 11.5 Å². The summed E-state index contributed by atoms with van der Waals surface area (Å²) in [5.74, 6) is 1.53. The van der Waals surface area contributed by atoms with E-state index in [0.717, 1.165) is 31.0 Å². The number of rotatable bonds is 7. The molecule has 2 N–H and O–H groups in total. The van der Waals surface area contributed by atoms with E-state index in [0.29, 0.717) is 0 Å². The van der Waals surface area contributed by atoms with E-state index in [4.69, 9.17) is 9.47 Å². The third-order valence-electron chi connectivity index (χ3n) is 4.36. The number of para-hydroxylation sites is 1. The van der Waals surface area contributed by atoms with Crippen molar-refractivity contribution < 1.29 is 9.47 Å². The van der Waals surface area contributed by atoms with E-state index in [1.165, 1.54) is 27.6 Å². The summed E-state index contributed by atoms with van der Waals surface area (Å²) in [6, 6.07) is 12.5. The first kappa shape index (κ1) is 16.4. The Balaban J connectivity index is 1.58. The molecule has 24 heavy (non-hydrogen) atoms. The van der Waals surface area contributed by atoms with E-state index in [1.807, 2.05) is 12.1 Å². The lowest BCUT2D eigenvalue weighted by molar-refractivity contribution is 0.354. The third-order valence-corrected chi connectivity index (χ3v) is 4.36. The lowest BCUT2D eigenvalue weighted by atomic mass is 10.1.